The van der Waals surface area contributed by atoms with Crippen molar-refractivity contribution < 1.29 is 14.3 Å². The van der Waals surface area contributed by atoms with Crippen molar-refractivity contribution in [1.82, 2.24) is 10.3 Å². The van der Waals surface area contributed by atoms with Crippen molar-refractivity contribution in [1.29, 1.82) is 0 Å². The molecule has 2 rings (SSSR count). The Balaban J connectivity index is 1.93. The molecule has 0 aliphatic carbocycles. The average molecular weight is 350 g/mol. The molecule has 0 aliphatic heterocycles. The van der Waals surface area contributed by atoms with Gasteiger partial charge < -0.3 is 20.1 Å². The molecule has 0 aliphatic rings. The van der Waals surface area contributed by atoms with E-state index in [0.717, 1.165) is 5.56 Å². The van der Waals surface area contributed by atoms with Crippen LogP contribution in [-0.4, -0.2) is 30.8 Å². The fourth-order valence-electron chi connectivity index (χ4n) is 1.95. The second-order valence-electron chi connectivity index (χ2n) is 4.83. The lowest BCUT2D eigenvalue weighted by atomic mass is 10.2. The number of hydrogen-bond acceptors (Lipinski definition) is 4. The molecule has 0 radical (unpaired) electrons. The third-order valence-electron chi connectivity index (χ3n) is 3.10. The summed E-state index contributed by atoms with van der Waals surface area (Å²) in [5.41, 5.74) is 1.46. The van der Waals surface area contributed by atoms with Gasteiger partial charge in [0.05, 0.1) is 17.3 Å². The van der Waals surface area contributed by atoms with Crippen LogP contribution in [0.4, 0.5) is 10.5 Å². The monoisotopic (exact) mass is 349 g/mol. The number of carbonyl (C=O) groups excluding carboxylic acids is 1. The molecule has 2 N–H and O–H groups in total. The van der Waals surface area contributed by atoms with Crippen LogP contribution in [0.1, 0.15) is 12.5 Å². The van der Waals surface area contributed by atoms with E-state index in [1.807, 2.05) is 19.1 Å². The molecule has 6 nitrogen and oxygen atoms in total. The Bertz CT molecular complexity index is 653. The van der Waals surface area contributed by atoms with Gasteiger partial charge in [-0.05, 0) is 36.8 Å². The Kier molecular flexibility index (Phi) is 7.32. The number of carbonyl (C=O) groups is 1. The molecule has 24 heavy (non-hydrogen) atoms. The van der Waals surface area contributed by atoms with Crippen LogP contribution in [0.15, 0.2) is 42.7 Å². The normalized spacial score (nSPS) is 10.2. The number of pyridine rings is 1. The molecule has 7 heteroatoms. The van der Waals surface area contributed by atoms with Gasteiger partial charge in [-0.1, -0.05) is 17.7 Å². The van der Waals surface area contributed by atoms with Gasteiger partial charge in [0.2, 0.25) is 0 Å². The molecule has 1 heterocycles. The first-order valence-electron chi connectivity index (χ1n) is 7.63. The van der Waals surface area contributed by atoms with Gasteiger partial charge in [0.15, 0.2) is 5.75 Å². The second-order valence-corrected chi connectivity index (χ2v) is 5.23. The summed E-state index contributed by atoms with van der Waals surface area (Å²) in [6.45, 7) is 3.74. The first-order chi connectivity index (χ1) is 11.7. The zero-order chi connectivity index (χ0) is 17.2. The molecule has 1 aromatic heterocycles. The highest BCUT2D eigenvalue weighted by atomic mass is 35.5. The van der Waals surface area contributed by atoms with E-state index in [4.69, 9.17) is 21.1 Å². The maximum Gasteiger partial charge on any atom is 0.319 e. The van der Waals surface area contributed by atoms with E-state index in [-0.39, 0.29) is 6.03 Å². The number of aromatic nitrogens is 1. The zero-order valence-corrected chi connectivity index (χ0v) is 14.2. The molecular formula is C17H20ClN3O3. The minimum Gasteiger partial charge on any atom is -0.487 e. The van der Waals surface area contributed by atoms with Gasteiger partial charge >= 0.3 is 6.03 Å². The van der Waals surface area contributed by atoms with E-state index >= 15 is 0 Å². The van der Waals surface area contributed by atoms with Gasteiger partial charge in [-0.25, -0.2) is 4.79 Å². The average Bonchev–Trinajstić information content (AvgIpc) is 2.60. The van der Waals surface area contributed by atoms with Crippen LogP contribution in [0.25, 0.3) is 0 Å². The van der Waals surface area contributed by atoms with E-state index in [0.29, 0.717) is 42.8 Å². The molecule has 128 valence electrons. The molecule has 0 saturated heterocycles. The predicted octanol–water partition coefficient (Wildman–Crippen LogP) is 3.47. The summed E-state index contributed by atoms with van der Waals surface area (Å²) in [6, 6.07) is 8.51. The van der Waals surface area contributed by atoms with Gasteiger partial charge in [-0.3, -0.25) is 4.98 Å². The number of para-hydroxylation sites is 1. The molecule has 0 saturated carbocycles. The van der Waals surface area contributed by atoms with Crippen LogP contribution in [-0.2, 0) is 11.3 Å². The van der Waals surface area contributed by atoms with Gasteiger partial charge in [0.25, 0.3) is 0 Å². The number of nitrogens with zero attached hydrogens (tertiary/aromatic N) is 1. The molecule has 2 aromatic rings. The quantitative estimate of drug-likeness (QED) is 0.716. The number of ether oxygens (including phenoxy) is 2. The molecule has 2 amide bonds. The minimum atomic E-state index is -0.344. The zero-order valence-electron chi connectivity index (χ0n) is 13.4. The van der Waals surface area contributed by atoms with Gasteiger partial charge in [-0.15, -0.1) is 0 Å². The van der Waals surface area contributed by atoms with E-state index in [1.165, 1.54) is 0 Å². The smallest absolute Gasteiger partial charge is 0.319 e. The van der Waals surface area contributed by atoms with E-state index in [1.54, 1.807) is 30.6 Å². The number of urea groups is 1. The van der Waals surface area contributed by atoms with Crippen molar-refractivity contribution in [2.45, 2.75) is 13.5 Å². The van der Waals surface area contributed by atoms with E-state index in [2.05, 4.69) is 15.6 Å². The lowest BCUT2D eigenvalue weighted by Gasteiger charge is -2.14. The van der Waals surface area contributed by atoms with E-state index in [9.17, 15) is 4.79 Å². The molecular weight excluding hydrogens is 330 g/mol. The topological polar surface area (TPSA) is 72.5 Å². The summed E-state index contributed by atoms with van der Waals surface area (Å²) >= 11 is 6.15. The highest BCUT2D eigenvalue weighted by Crippen LogP contribution is 2.32. The predicted molar refractivity (Wildman–Crippen MR) is 93.5 cm³/mol. The summed E-state index contributed by atoms with van der Waals surface area (Å²) in [4.78, 5) is 16.0. The lowest BCUT2D eigenvalue weighted by molar-refractivity contribution is 0.110. The summed E-state index contributed by atoms with van der Waals surface area (Å²) in [5, 5.41) is 5.95. The summed E-state index contributed by atoms with van der Waals surface area (Å²) in [5.74, 6) is 0.429. The molecule has 0 fully saturated rings. The van der Waals surface area contributed by atoms with Crippen LogP contribution in [0.5, 0.6) is 5.75 Å². The Morgan fingerprint density at radius 2 is 2.00 bits per heavy atom. The van der Waals surface area contributed by atoms with Gasteiger partial charge in [0, 0.05) is 25.5 Å². The van der Waals surface area contributed by atoms with Crippen molar-refractivity contribution in [3.63, 3.8) is 0 Å². The van der Waals surface area contributed by atoms with Crippen LogP contribution in [0.3, 0.4) is 0 Å². The first kappa shape index (κ1) is 18.0. The molecule has 0 unspecified atom stereocenters. The number of halogens is 1. The Labute approximate surface area is 146 Å². The number of hydrogen-bond donors (Lipinski definition) is 2. The van der Waals surface area contributed by atoms with Crippen LogP contribution in [0.2, 0.25) is 5.02 Å². The number of amides is 2. The minimum absolute atomic E-state index is 0.344. The van der Waals surface area contributed by atoms with Gasteiger partial charge in [0.1, 0.15) is 6.61 Å². The number of rotatable bonds is 8. The highest BCUT2D eigenvalue weighted by Gasteiger charge is 2.11. The molecule has 0 atom stereocenters. The molecule has 1 aromatic carbocycles. The summed E-state index contributed by atoms with van der Waals surface area (Å²) < 4.78 is 10.9. The Morgan fingerprint density at radius 1 is 1.21 bits per heavy atom. The third-order valence-corrected chi connectivity index (χ3v) is 3.39. The van der Waals surface area contributed by atoms with Crippen molar-refractivity contribution in [3.8, 4) is 5.75 Å². The maximum atomic E-state index is 12.1. The summed E-state index contributed by atoms with van der Waals surface area (Å²) in [7, 11) is 0. The van der Waals surface area contributed by atoms with Crippen molar-refractivity contribution in [2.75, 3.05) is 25.1 Å². The van der Waals surface area contributed by atoms with Crippen LogP contribution >= 0.6 is 11.6 Å². The molecule has 0 bridgehead atoms. The largest absolute Gasteiger partial charge is 0.487 e. The standard InChI is InChI=1S/C17H20ClN3O3/c1-2-23-10-11-24-16-14(18)4-3-5-15(16)21-17(22)20-12-13-6-8-19-9-7-13/h3-9H,2,10-12H2,1H3,(H2,20,21,22). The lowest BCUT2D eigenvalue weighted by Crippen LogP contribution is -2.28. The number of nitrogens with one attached hydrogen (secondary N) is 2. The highest BCUT2D eigenvalue weighted by molar-refractivity contribution is 6.32. The van der Waals surface area contributed by atoms with Crippen LogP contribution < -0.4 is 15.4 Å². The van der Waals surface area contributed by atoms with Crippen LogP contribution in [0, 0.1) is 0 Å². The Morgan fingerprint density at radius 3 is 2.75 bits per heavy atom. The van der Waals surface area contributed by atoms with E-state index < -0.39 is 0 Å². The number of anilines is 1. The van der Waals surface area contributed by atoms with Gasteiger partial charge in [-0.2, -0.15) is 0 Å². The fraction of sp³-hybridized carbons (Fsp3) is 0.294. The van der Waals surface area contributed by atoms with Crippen molar-refractivity contribution >= 4 is 23.3 Å². The first-order valence-corrected chi connectivity index (χ1v) is 8.01. The second kappa shape index (κ2) is 9.75. The maximum absolute atomic E-state index is 12.1. The Hall–Kier alpha value is -2.31. The van der Waals surface area contributed by atoms with Crippen molar-refractivity contribution in [2.24, 2.45) is 0 Å². The SMILES string of the molecule is CCOCCOc1c(Cl)cccc1NC(=O)NCc1ccncc1. The summed E-state index contributed by atoms with van der Waals surface area (Å²) in [6.07, 6.45) is 3.35. The molecule has 0 spiro atoms. The number of benzene rings is 1. The van der Waals surface area contributed by atoms with Crippen molar-refractivity contribution in [3.05, 3.63) is 53.3 Å². The third kappa shape index (κ3) is 5.72. The fourth-order valence-corrected chi connectivity index (χ4v) is 2.18.